The van der Waals surface area contributed by atoms with E-state index in [0.29, 0.717) is 24.3 Å². The largest absolute Gasteiger partial charge is 0.444 e. The number of hydrogen-bond acceptors (Lipinski definition) is 5. The summed E-state index contributed by atoms with van der Waals surface area (Å²) in [7, 11) is 1.79. The zero-order chi connectivity index (χ0) is 20.8. The van der Waals surface area contributed by atoms with E-state index < -0.39 is 6.09 Å². The molecular weight excluding hydrogens is 385 g/mol. The van der Waals surface area contributed by atoms with E-state index in [0.717, 1.165) is 29.9 Å². The van der Waals surface area contributed by atoms with Gasteiger partial charge in [-0.2, -0.15) is 9.90 Å². The summed E-state index contributed by atoms with van der Waals surface area (Å²) in [6.45, 7) is 3.88. The smallest absolute Gasteiger partial charge is 0.414 e. The first kappa shape index (κ1) is 18.6. The van der Waals surface area contributed by atoms with E-state index in [9.17, 15) is 9.18 Å². The molecule has 1 fully saturated rings. The van der Waals surface area contributed by atoms with Gasteiger partial charge in [0.15, 0.2) is 5.82 Å². The van der Waals surface area contributed by atoms with Crippen LogP contribution in [0.1, 0.15) is 24.5 Å². The van der Waals surface area contributed by atoms with Gasteiger partial charge in [-0.1, -0.05) is 19.1 Å². The maximum atomic E-state index is 15.0. The Hall–Kier alpha value is -3.42. The van der Waals surface area contributed by atoms with Crippen LogP contribution in [0.3, 0.4) is 0 Å². The van der Waals surface area contributed by atoms with Crippen LogP contribution in [-0.4, -0.2) is 33.7 Å². The van der Waals surface area contributed by atoms with Gasteiger partial charge in [-0.15, -0.1) is 5.10 Å². The van der Waals surface area contributed by atoms with Crippen molar-refractivity contribution in [2.24, 2.45) is 7.05 Å². The molecule has 0 saturated carbocycles. The minimum atomic E-state index is -0.421. The highest BCUT2D eigenvalue weighted by molar-refractivity contribution is 5.90. The molecule has 2 aliphatic rings. The molecule has 0 N–H and O–H groups in total. The summed E-state index contributed by atoms with van der Waals surface area (Å²) in [6.07, 6.45) is 1.92. The maximum absolute atomic E-state index is 15.0. The van der Waals surface area contributed by atoms with E-state index in [1.807, 2.05) is 25.1 Å². The lowest BCUT2D eigenvalue weighted by Crippen LogP contribution is -2.24. The molecule has 2 aliphatic heterocycles. The van der Waals surface area contributed by atoms with Gasteiger partial charge in [-0.25, -0.2) is 9.18 Å². The fourth-order valence-corrected chi connectivity index (χ4v) is 4.05. The molecule has 8 heteroatoms. The van der Waals surface area contributed by atoms with Crippen molar-refractivity contribution in [2.45, 2.75) is 32.5 Å². The molecule has 30 heavy (non-hydrogen) atoms. The Morgan fingerprint density at radius 3 is 2.70 bits per heavy atom. The van der Waals surface area contributed by atoms with E-state index in [-0.39, 0.29) is 11.9 Å². The van der Waals surface area contributed by atoms with E-state index in [1.165, 1.54) is 16.5 Å². The van der Waals surface area contributed by atoms with E-state index in [4.69, 9.17) is 4.74 Å². The van der Waals surface area contributed by atoms with Gasteiger partial charge in [0.05, 0.1) is 18.4 Å². The molecule has 5 rings (SSSR count). The molecule has 1 atom stereocenters. The van der Waals surface area contributed by atoms with Crippen molar-refractivity contribution in [3.05, 3.63) is 59.5 Å². The third-order valence-corrected chi connectivity index (χ3v) is 5.74. The third-order valence-electron chi connectivity index (χ3n) is 5.74. The molecule has 0 bridgehead atoms. The lowest BCUT2D eigenvalue weighted by atomic mass is 10.00. The standard InChI is InChI=1S/C22H22FN5O2/c1-3-18-13-28(22(29)30-18)17-6-7-19(20(23)9-17)14-4-5-15-11-27(12-16(15)8-14)21-10-24-26(2)25-21/h4-10,18H,3,11-13H2,1-2H3/t18-/m0/s1. The fraction of sp³-hybridized carbons (Fsp3) is 0.318. The van der Waals surface area contributed by atoms with Crippen LogP contribution in [0.4, 0.5) is 20.7 Å². The normalized spacial score (nSPS) is 18.1. The van der Waals surface area contributed by atoms with E-state index >= 15 is 0 Å². The summed E-state index contributed by atoms with van der Waals surface area (Å²) >= 11 is 0. The molecule has 0 spiro atoms. The quantitative estimate of drug-likeness (QED) is 0.657. The zero-order valence-corrected chi connectivity index (χ0v) is 16.9. The molecule has 2 aromatic carbocycles. The Bertz CT molecular complexity index is 1130. The number of halogens is 1. The summed E-state index contributed by atoms with van der Waals surface area (Å²) < 4.78 is 20.3. The summed E-state index contributed by atoms with van der Waals surface area (Å²) in [5.41, 5.74) is 4.20. The summed E-state index contributed by atoms with van der Waals surface area (Å²) in [6, 6.07) is 10.9. The van der Waals surface area contributed by atoms with Crippen LogP contribution in [0, 0.1) is 5.82 Å². The molecule has 1 amide bonds. The summed E-state index contributed by atoms with van der Waals surface area (Å²) in [4.78, 5) is 17.2. The number of rotatable bonds is 4. The van der Waals surface area contributed by atoms with Crippen molar-refractivity contribution >= 4 is 17.6 Å². The van der Waals surface area contributed by atoms with Gasteiger partial charge < -0.3 is 9.64 Å². The predicted octanol–water partition coefficient (Wildman–Crippen LogP) is 3.88. The second kappa shape index (κ2) is 7.12. The van der Waals surface area contributed by atoms with Gasteiger partial charge in [0.1, 0.15) is 11.9 Å². The Morgan fingerprint density at radius 1 is 1.17 bits per heavy atom. The number of fused-ring (bicyclic) bond motifs is 1. The first-order valence-electron chi connectivity index (χ1n) is 10.0. The van der Waals surface area contributed by atoms with Crippen LogP contribution in [0.5, 0.6) is 0 Å². The average molecular weight is 407 g/mol. The van der Waals surface area contributed by atoms with Gasteiger partial charge in [0.25, 0.3) is 0 Å². The van der Waals surface area contributed by atoms with Crippen LogP contribution in [0.15, 0.2) is 42.6 Å². The molecule has 1 aromatic heterocycles. The van der Waals surface area contributed by atoms with Crippen molar-refractivity contribution in [2.75, 3.05) is 16.3 Å². The summed E-state index contributed by atoms with van der Waals surface area (Å²) in [5.74, 6) is 0.470. The Kier molecular flexibility index (Phi) is 4.42. The minimum absolute atomic E-state index is 0.144. The second-order valence-corrected chi connectivity index (χ2v) is 7.72. The average Bonchev–Trinajstić information content (AvgIpc) is 3.44. The second-order valence-electron chi connectivity index (χ2n) is 7.72. The Balaban J connectivity index is 1.39. The molecule has 7 nitrogen and oxygen atoms in total. The molecule has 0 radical (unpaired) electrons. The first-order chi connectivity index (χ1) is 14.5. The molecular formula is C22H22FN5O2. The molecule has 154 valence electrons. The Morgan fingerprint density at radius 2 is 2.00 bits per heavy atom. The van der Waals surface area contributed by atoms with Crippen LogP contribution < -0.4 is 9.80 Å². The number of amides is 1. The number of ether oxygens (including phenoxy) is 1. The lowest BCUT2D eigenvalue weighted by molar-refractivity contribution is 0.139. The molecule has 0 unspecified atom stereocenters. The van der Waals surface area contributed by atoms with E-state index in [2.05, 4.69) is 15.1 Å². The first-order valence-corrected chi connectivity index (χ1v) is 10.0. The minimum Gasteiger partial charge on any atom is -0.444 e. The monoisotopic (exact) mass is 407 g/mol. The van der Waals surface area contributed by atoms with Crippen molar-refractivity contribution in [1.29, 1.82) is 0 Å². The molecule has 3 heterocycles. The Labute approximate surface area is 173 Å². The fourth-order valence-electron chi connectivity index (χ4n) is 4.05. The van der Waals surface area contributed by atoms with Gasteiger partial charge in [0, 0.05) is 25.7 Å². The van der Waals surface area contributed by atoms with Gasteiger partial charge in [0.2, 0.25) is 0 Å². The van der Waals surface area contributed by atoms with Gasteiger partial charge >= 0.3 is 6.09 Å². The molecule has 1 saturated heterocycles. The number of aryl methyl sites for hydroxylation is 1. The van der Waals surface area contributed by atoms with E-state index in [1.54, 1.807) is 30.2 Å². The highest BCUT2D eigenvalue weighted by Gasteiger charge is 2.31. The van der Waals surface area contributed by atoms with Crippen LogP contribution in [0.25, 0.3) is 11.1 Å². The van der Waals surface area contributed by atoms with Crippen molar-refractivity contribution in [3.8, 4) is 11.1 Å². The lowest BCUT2D eigenvalue weighted by Gasteiger charge is -2.14. The van der Waals surface area contributed by atoms with Crippen LogP contribution in [-0.2, 0) is 24.9 Å². The van der Waals surface area contributed by atoms with Crippen LogP contribution >= 0.6 is 0 Å². The number of nitrogens with zero attached hydrogens (tertiary/aromatic N) is 5. The SMILES string of the molecule is CC[C@H]1CN(c2ccc(-c3ccc4c(c3)CN(c3cnn(C)n3)C4)c(F)c2)C(=O)O1. The third kappa shape index (κ3) is 3.18. The number of benzene rings is 2. The molecule has 3 aromatic rings. The number of carbonyl (C=O) groups is 1. The van der Waals surface area contributed by atoms with Crippen molar-refractivity contribution in [1.82, 2.24) is 15.0 Å². The highest BCUT2D eigenvalue weighted by Crippen LogP contribution is 2.33. The molecule has 0 aliphatic carbocycles. The van der Waals surface area contributed by atoms with Crippen molar-refractivity contribution in [3.63, 3.8) is 0 Å². The maximum Gasteiger partial charge on any atom is 0.414 e. The van der Waals surface area contributed by atoms with Gasteiger partial charge in [-0.05, 0) is 47.4 Å². The number of aromatic nitrogens is 3. The topological polar surface area (TPSA) is 63.5 Å². The number of carbonyl (C=O) groups excluding carboxylic acids is 1. The van der Waals surface area contributed by atoms with Crippen LogP contribution in [0.2, 0.25) is 0 Å². The zero-order valence-electron chi connectivity index (χ0n) is 16.9. The van der Waals surface area contributed by atoms with Gasteiger partial charge in [-0.3, -0.25) is 4.90 Å². The predicted molar refractivity (Wildman–Crippen MR) is 111 cm³/mol. The summed E-state index contributed by atoms with van der Waals surface area (Å²) in [5, 5.41) is 8.50. The number of cyclic esters (lactones) is 1. The number of anilines is 2. The highest BCUT2D eigenvalue weighted by atomic mass is 19.1. The number of hydrogen-bond donors (Lipinski definition) is 0. The van der Waals surface area contributed by atoms with Crippen molar-refractivity contribution < 1.29 is 13.9 Å².